The number of carbonyl (C=O) groups excluding carboxylic acids is 1. The van der Waals surface area contributed by atoms with Crippen LogP contribution in [0.25, 0.3) is 11.3 Å². The van der Waals surface area contributed by atoms with E-state index in [-0.39, 0.29) is 5.88 Å². The van der Waals surface area contributed by atoms with E-state index in [0.717, 1.165) is 5.56 Å². The lowest BCUT2D eigenvalue weighted by molar-refractivity contribution is 0.0728. The number of hydrogen-bond donors (Lipinski definition) is 1. The van der Waals surface area contributed by atoms with Crippen LogP contribution in [-0.4, -0.2) is 21.4 Å². The molecule has 0 saturated heterocycles. The maximum Gasteiger partial charge on any atom is 0.344 e. The van der Waals surface area contributed by atoms with Crippen molar-refractivity contribution in [2.24, 2.45) is 0 Å². The van der Waals surface area contributed by atoms with E-state index in [1.807, 2.05) is 36.4 Å². The van der Waals surface area contributed by atoms with E-state index in [1.54, 1.807) is 24.3 Å². The highest BCUT2D eigenvalue weighted by atomic mass is 16.5. The molecule has 3 rings (SSSR count). The first-order valence-corrected chi connectivity index (χ1v) is 6.08. The monoisotopic (exact) mass is 265 g/mol. The van der Waals surface area contributed by atoms with Gasteiger partial charge in [0.05, 0.1) is 5.56 Å². The van der Waals surface area contributed by atoms with Gasteiger partial charge < -0.3 is 4.74 Å². The van der Waals surface area contributed by atoms with E-state index in [9.17, 15) is 4.79 Å². The van der Waals surface area contributed by atoms with Gasteiger partial charge in [0.1, 0.15) is 0 Å². The smallest absolute Gasteiger partial charge is 0.344 e. The summed E-state index contributed by atoms with van der Waals surface area (Å²) in [4.78, 5) is 12.0. The Balaban J connectivity index is 1.86. The zero-order valence-corrected chi connectivity index (χ0v) is 10.5. The second-order valence-electron chi connectivity index (χ2n) is 4.10. The summed E-state index contributed by atoms with van der Waals surface area (Å²) < 4.78 is 5.28. The molecule has 0 fully saturated rings. The second kappa shape index (κ2) is 5.36. The van der Waals surface area contributed by atoms with Crippen LogP contribution in [0.4, 0.5) is 0 Å². The normalized spacial score (nSPS) is 10.2. The van der Waals surface area contributed by atoms with Crippen LogP contribution in [0, 0.1) is 0 Å². The number of esters is 1. The van der Waals surface area contributed by atoms with Gasteiger partial charge >= 0.3 is 5.97 Å². The maximum absolute atomic E-state index is 12.0. The van der Waals surface area contributed by atoms with Gasteiger partial charge in [-0.2, -0.15) is 10.3 Å². The Hall–Kier alpha value is -2.95. The van der Waals surface area contributed by atoms with Crippen LogP contribution in [0.1, 0.15) is 10.4 Å². The van der Waals surface area contributed by atoms with E-state index in [0.29, 0.717) is 11.3 Å². The summed E-state index contributed by atoms with van der Waals surface area (Å²) in [7, 11) is 0. The summed E-state index contributed by atoms with van der Waals surface area (Å²) in [5, 5.41) is 10.4. The van der Waals surface area contributed by atoms with Gasteiger partial charge in [-0.15, -0.1) is 5.10 Å². The molecule has 0 aliphatic rings. The van der Waals surface area contributed by atoms with Gasteiger partial charge in [0.2, 0.25) is 0 Å². The molecule has 0 aliphatic heterocycles. The molecular weight excluding hydrogens is 254 g/mol. The van der Waals surface area contributed by atoms with Crippen LogP contribution in [-0.2, 0) is 0 Å². The summed E-state index contributed by atoms with van der Waals surface area (Å²) in [5.74, 6) is -0.290. The molecule has 5 nitrogen and oxygen atoms in total. The molecule has 20 heavy (non-hydrogen) atoms. The third-order valence-corrected chi connectivity index (χ3v) is 2.76. The molecule has 98 valence electrons. The second-order valence-corrected chi connectivity index (χ2v) is 4.10. The highest BCUT2D eigenvalue weighted by Gasteiger charge is 2.16. The molecule has 0 unspecified atom stereocenters. The maximum atomic E-state index is 12.0. The number of nitrogens with zero attached hydrogens (tertiary/aromatic N) is 2. The molecule has 0 aliphatic carbocycles. The number of nitrogens with one attached hydrogen (secondary N) is 1. The quantitative estimate of drug-likeness (QED) is 0.739. The Morgan fingerprint density at radius 2 is 1.55 bits per heavy atom. The fourth-order valence-corrected chi connectivity index (χ4v) is 1.80. The minimum Gasteiger partial charge on any atom is -0.400 e. The van der Waals surface area contributed by atoms with Crippen molar-refractivity contribution in [3.63, 3.8) is 0 Å². The summed E-state index contributed by atoms with van der Waals surface area (Å²) in [6.45, 7) is 0. The minimum absolute atomic E-state index is 0.171. The van der Waals surface area contributed by atoms with Gasteiger partial charge in [0, 0.05) is 5.56 Å². The fraction of sp³-hybridized carbons (Fsp3) is 0. The topological polar surface area (TPSA) is 67.9 Å². The van der Waals surface area contributed by atoms with Gasteiger partial charge in [-0.3, -0.25) is 0 Å². The van der Waals surface area contributed by atoms with E-state index in [4.69, 9.17) is 4.74 Å². The predicted molar refractivity (Wildman–Crippen MR) is 73.2 cm³/mol. The third-order valence-electron chi connectivity index (χ3n) is 2.76. The number of rotatable bonds is 3. The van der Waals surface area contributed by atoms with Crippen molar-refractivity contribution >= 4 is 5.97 Å². The van der Waals surface area contributed by atoms with Crippen molar-refractivity contribution in [2.75, 3.05) is 0 Å². The number of aromatic nitrogens is 3. The van der Waals surface area contributed by atoms with Gasteiger partial charge in [-0.25, -0.2) is 4.79 Å². The first kappa shape index (κ1) is 12.1. The van der Waals surface area contributed by atoms with Crippen LogP contribution >= 0.6 is 0 Å². The van der Waals surface area contributed by atoms with Crippen molar-refractivity contribution in [1.29, 1.82) is 0 Å². The summed E-state index contributed by atoms with van der Waals surface area (Å²) >= 11 is 0. The van der Waals surface area contributed by atoms with Gasteiger partial charge in [-0.05, 0) is 12.1 Å². The number of hydrogen-bond acceptors (Lipinski definition) is 4. The lowest BCUT2D eigenvalue weighted by Crippen LogP contribution is -2.09. The summed E-state index contributed by atoms with van der Waals surface area (Å²) in [6, 6.07) is 18.2. The molecular formula is C15H11N3O2. The first-order valence-electron chi connectivity index (χ1n) is 6.08. The van der Waals surface area contributed by atoms with Crippen LogP contribution in [0.15, 0.2) is 60.7 Å². The van der Waals surface area contributed by atoms with Crippen LogP contribution in [0.3, 0.4) is 0 Å². The van der Waals surface area contributed by atoms with Gasteiger partial charge in [-0.1, -0.05) is 48.5 Å². The lowest BCUT2D eigenvalue weighted by Gasteiger charge is -2.02. The molecule has 0 spiro atoms. The average molecular weight is 265 g/mol. The summed E-state index contributed by atoms with van der Waals surface area (Å²) in [6.07, 6.45) is 0. The number of H-pyrrole nitrogens is 1. The Kier molecular flexibility index (Phi) is 3.24. The predicted octanol–water partition coefficient (Wildman–Crippen LogP) is 2.69. The van der Waals surface area contributed by atoms with Gasteiger partial charge in [0.15, 0.2) is 5.69 Å². The van der Waals surface area contributed by atoms with E-state index >= 15 is 0 Å². The number of aromatic amines is 1. The summed E-state index contributed by atoms with van der Waals surface area (Å²) in [5.41, 5.74) is 1.81. The molecule has 3 aromatic rings. The Morgan fingerprint density at radius 1 is 0.900 bits per heavy atom. The van der Waals surface area contributed by atoms with E-state index in [2.05, 4.69) is 15.4 Å². The molecule has 0 bridgehead atoms. The van der Waals surface area contributed by atoms with E-state index < -0.39 is 5.97 Å². The highest BCUT2D eigenvalue weighted by molar-refractivity contribution is 5.91. The van der Waals surface area contributed by atoms with Crippen LogP contribution in [0.2, 0.25) is 0 Å². The highest BCUT2D eigenvalue weighted by Crippen LogP contribution is 2.25. The molecule has 5 heteroatoms. The minimum atomic E-state index is -0.461. The third kappa shape index (κ3) is 2.42. The van der Waals surface area contributed by atoms with Crippen molar-refractivity contribution in [1.82, 2.24) is 15.4 Å². The molecule has 1 N–H and O–H groups in total. The molecule has 1 heterocycles. The van der Waals surface area contributed by atoms with Crippen molar-refractivity contribution in [2.45, 2.75) is 0 Å². The lowest BCUT2D eigenvalue weighted by atomic mass is 10.2. The Labute approximate surface area is 115 Å². The van der Waals surface area contributed by atoms with Crippen molar-refractivity contribution < 1.29 is 9.53 Å². The molecule has 0 saturated carbocycles. The average Bonchev–Trinajstić information content (AvgIpc) is 2.97. The Morgan fingerprint density at radius 3 is 2.25 bits per heavy atom. The number of carbonyl (C=O) groups is 1. The number of benzene rings is 2. The fourth-order valence-electron chi connectivity index (χ4n) is 1.80. The van der Waals surface area contributed by atoms with Crippen LogP contribution < -0.4 is 4.74 Å². The van der Waals surface area contributed by atoms with Crippen molar-refractivity contribution in [3.05, 3.63) is 66.2 Å². The molecule has 0 radical (unpaired) electrons. The molecule has 1 aromatic heterocycles. The number of ether oxygens (including phenoxy) is 1. The molecule has 0 amide bonds. The molecule has 2 aromatic carbocycles. The largest absolute Gasteiger partial charge is 0.400 e. The zero-order valence-electron chi connectivity index (χ0n) is 10.5. The molecule has 0 atom stereocenters. The van der Waals surface area contributed by atoms with Crippen LogP contribution in [0.5, 0.6) is 5.88 Å². The zero-order chi connectivity index (χ0) is 13.8. The van der Waals surface area contributed by atoms with E-state index in [1.165, 1.54) is 0 Å². The van der Waals surface area contributed by atoms with Gasteiger partial charge in [0.25, 0.3) is 5.88 Å². The first-order chi connectivity index (χ1) is 9.84. The Bertz CT molecular complexity index is 708. The SMILES string of the molecule is O=C(Oc1n[nH]nc1-c1ccccc1)c1ccccc1. The standard InChI is InChI=1S/C15H11N3O2/c19-15(12-9-5-2-6-10-12)20-14-13(16-18-17-14)11-7-3-1-4-8-11/h1-10H,(H,16,17,18). The van der Waals surface area contributed by atoms with Crippen molar-refractivity contribution in [3.8, 4) is 17.1 Å².